The van der Waals surface area contributed by atoms with Crippen LogP contribution in [0.1, 0.15) is 11.5 Å². The summed E-state index contributed by atoms with van der Waals surface area (Å²) in [6.45, 7) is 2.81. The smallest absolute Gasteiger partial charge is 0.126 e. The van der Waals surface area contributed by atoms with Gasteiger partial charge in [0.25, 0.3) is 0 Å². The number of hydrogen-bond acceptors (Lipinski definition) is 3. The molecule has 84 valence electrons. The molecule has 0 saturated heterocycles. The van der Waals surface area contributed by atoms with Gasteiger partial charge in [-0.1, -0.05) is 11.6 Å². The van der Waals surface area contributed by atoms with Crippen molar-refractivity contribution in [1.82, 2.24) is 15.3 Å². The Hall–Kier alpha value is -1.19. The monoisotopic (exact) mass is 235 g/mol. The second-order valence-corrected chi connectivity index (χ2v) is 4.17. The first-order chi connectivity index (χ1) is 7.70. The molecule has 1 N–H and O–H groups in total. The predicted octanol–water partition coefficient (Wildman–Crippen LogP) is 2.35. The lowest BCUT2D eigenvalue weighted by Gasteiger charge is -2.06. The maximum Gasteiger partial charge on any atom is 0.126 e. The molecule has 4 heteroatoms. The van der Waals surface area contributed by atoms with Crippen molar-refractivity contribution in [3.05, 3.63) is 34.7 Å². The van der Waals surface area contributed by atoms with Gasteiger partial charge in [-0.25, -0.2) is 9.97 Å². The first-order valence-electron chi connectivity index (χ1n) is 5.28. The van der Waals surface area contributed by atoms with E-state index in [1.807, 2.05) is 32.2 Å². The van der Waals surface area contributed by atoms with Gasteiger partial charge >= 0.3 is 0 Å². The Balaban J connectivity index is 2.55. The Morgan fingerprint density at radius 2 is 2.12 bits per heavy atom. The Bertz CT molecular complexity index is 511. The van der Waals surface area contributed by atoms with Gasteiger partial charge in [0.05, 0.1) is 11.2 Å². The van der Waals surface area contributed by atoms with Gasteiger partial charge < -0.3 is 5.32 Å². The van der Waals surface area contributed by atoms with Crippen LogP contribution in [0, 0.1) is 6.92 Å². The van der Waals surface area contributed by atoms with Crippen molar-refractivity contribution in [2.75, 3.05) is 13.6 Å². The number of nitrogens with zero attached hydrogens (tertiary/aromatic N) is 2. The molecular formula is C12H14ClN3. The minimum atomic E-state index is 0.727. The third-order valence-electron chi connectivity index (χ3n) is 2.46. The summed E-state index contributed by atoms with van der Waals surface area (Å²) >= 11 is 5.99. The zero-order valence-electron chi connectivity index (χ0n) is 9.42. The number of fused-ring (bicyclic) bond motifs is 1. The van der Waals surface area contributed by atoms with Crippen molar-refractivity contribution in [2.45, 2.75) is 13.3 Å². The van der Waals surface area contributed by atoms with E-state index < -0.39 is 0 Å². The lowest BCUT2D eigenvalue weighted by molar-refractivity contribution is 0.775. The van der Waals surface area contributed by atoms with Crippen molar-refractivity contribution < 1.29 is 0 Å². The van der Waals surface area contributed by atoms with Crippen LogP contribution < -0.4 is 5.32 Å². The van der Waals surface area contributed by atoms with Crippen LogP contribution in [-0.2, 0) is 6.42 Å². The van der Waals surface area contributed by atoms with Crippen LogP contribution in [0.4, 0.5) is 0 Å². The molecular weight excluding hydrogens is 222 g/mol. The zero-order chi connectivity index (χ0) is 11.5. The average molecular weight is 236 g/mol. The van der Waals surface area contributed by atoms with E-state index in [0.717, 1.165) is 40.4 Å². The summed E-state index contributed by atoms with van der Waals surface area (Å²) < 4.78 is 0. The molecule has 0 unspecified atom stereocenters. The summed E-state index contributed by atoms with van der Waals surface area (Å²) in [5, 5.41) is 4.90. The van der Waals surface area contributed by atoms with Crippen molar-refractivity contribution >= 4 is 22.5 Å². The van der Waals surface area contributed by atoms with Crippen molar-refractivity contribution in [3.63, 3.8) is 0 Å². The van der Waals surface area contributed by atoms with E-state index in [1.165, 1.54) is 0 Å². The van der Waals surface area contributed by atoms with Crippen LogP contribution in [0.3, 0.4) is 0 Å². The van der Waals surface area contributed by atoms with E-state index in [4.69, 9.17) is 11.6 Å². The molecule has 0 amide bonds. The van der Waals surface area contributed by atoms with Gasteiger partial charge in [-0.05, 0) is 32.2 Å². The van der Waals surface area contributed by atoms with Crippen LogP contribution >= 0.6 is 11.6 Å². The number of aromatic nitrogens is 2. The summed E-state index contributed by atoms with van der Waals surface area (Å²) in [5.74, 6) is 0.806. The maximum atomic E-state index is 5.99. The van der Waals surface area contributed by atoms with Gasteiger partial charge in [-0.15, -0.1) is 0 Å². The number of hydrogen-bond donors (Lipinski definition) is 1. The Morgan fingerprint density at radius 3 is 2.88 bits per heavy atom. The molecule has 0 aliphatic rings. The molecule has 0 atom stereocenters. The molecule has 2 rings (SSSR count). The lowest BCUT2D eigenvalue weighted by Crippen LogP contribution is -2.12. The average Bonchev–Trinajstić information content (AvgIpc) is 2.26. The number of likely N-dealkylation sites (N-methyl/N-ethyl adjacent to an activating group) is 1. The van der Waals surface area contributed by atoms with E-state index in [1.54, 1.807) is 0 Å². The molecule has 16 heavy (non-hydrogen) atoms. The molecule has 0 saturated carbocycles. The van der Waals surface area contributed by atoms with Crippen LogP contribution in [0.15, 0.2) is 18.2 Å². The molecule has 3 nitrogen and oxygen atoms in total. The van der Waals surface area contributed by atoms with Crippen molar-refractivity contribution in [1.29, 1.82) is 0 Å². The largest absolute Gasteiger partial charge is 0.319 e. The van der Waals surface area contributed by atoms with E-state index in [2.05, 4.69) is 15.3 Å². The standard InChI is InChI=1S/C12H14ClN3/c1-8-15-11-4-3-9(13)7-10(11)12(16-8)5-6-14-2/h3-4,7,14H,5-6H2,1-2H3. The molecule has 0 fully saturated rings. The molecule has 0 spiro atoms. The summed E-state index contributed by atoms with van der Waals surface area (Å²) in [7, 11) is 1.93. The van der Waals surface area contributed by atoms with Crippen molar-refractivity contribution in [2.24, 2.45) is 0 Å². The molecule has 0 aliphatic heterocycles. The van der Waals surface area contributed by atoms with Gasteiger partial charge in [0.15, 0.2) is 0 Å². The number of rotatable bonds is 3. The fraction of sp³-hybridized carbons (Fsp3) is 0.333. The molecule has 1 aromatic heterocycles. The van der Waals surface area contributed by atoms with Crippen LogP contribution in [0.5, 0.6) is 0 Å². The second-order valence-electron chi connectivity index (χ2n) is 3.73. The van der Waals surface area contributed by atoms with Gasteiger partial charge in [-0.2, -0.15) is 0 Å². The fourth-order valence-corrected chi connectivity index (χ4v) is 1.90. The Labute approximate surface area is 99.9 Å². The summed E-state index contributed by atoms with van der Waals surface area (Å²) in [6, 6.07) is 5.73. The molecule has 0 bridgehead atoms. The molecule has 1 aromatic carbocycles. The van der Waals surface area contributed by atoms with Gasteiger partial charge in [0.2, 0.25) is 0 Å². The third kappa shape index (κ3) is 2.31. The SMILES string of the molecule is CNCCc1nc(C)nc2ccc(Cl)cc12. The van der Waals surface area contributed by atoms with E-state index in [-0.39, 0.29) is 0 Å². The number of nitrogens with one attached hydrogen (secondary N) is 1. The first-order valence-corrected chi connectivity index (χ1v) is 5.66. The summed E-state index contributed by atoms with van der Waals surface area (Å²) in [4.78, 5) is 8.87. The summed E-state index contributed by atoms with van der Waals surface area (Å²) in [6.07, 6.45) is 0.886. The highest BCUT2D eigenvalue weighted by molar-refractivity contribution is 6.31. The predicted molar refractivity (Wildman–Crippen MR) is 66.9 cm³/mol. The normalized spacial score (nSPS) is 10.9. The van der Waals surface area contributed by atoms with E-state index in [0.29, 0.717) is 0 Å². The van der Waals surface area contributed by atoms with Gasteiger partial charge in [-0.3, -0.25) is 0 Å². The van der Waals surface area contributed by atoms with Gasteiger partial charge in [0.1, 0.15) is 5.82 Å². The first kappa shape index (κ1) is 11.3. The van der Waals surface area contributed by atoms with Crippen LogP contribution in [-0.4, -0.2) is 23.6 Å². The quantitative estimate of drug-likeness (QED) is 0.888. The zero-order valence-corrected chi connectivity index (χ0v) is 10.2. The third-order valence-corrected chi connectivity index (χ3v) is 2.70. The minimum absolute atomic E-state index is 0.727. The molecule has 1 heterocycles. The highest BCUT2D eigenvalue weighted by Gasteiger charge is 2.05. The fourth-order valence-electron chi connectivity index (χ4n) is 1.73. The minimum Gasteiger partial charge on any atom is -0.319 e. The second kappa shape index (κ2) is 4.76. The highest BCUT2D eigenvalue weighted by Crippen LogP contribution is 2.20. The topological polar surface area (TPSA) is 37.8 Å². The number of aryl methyl sites for hydroxylation is 1. The summed E-state index contributed by atoms with van der Waals surface area (Å²) in [5.41, 5.74) is 2.02. The molecule has 0 radical (unpaired) electrons. The molecule has 0 aliphatic carbocycles. The highest BCUT2D eigenvalue weighted by atomic mass is 35.5. The maximum absolute atomic E-state index is 5.99. The van der Waals surface area contributed by atoms with Gasteiger partial charge in [0, 0.05) is 23.4 Å². The van der Waals surface area contributed by atoms with Crippen molar-refractivity contribution in [3.8, 4) is 0 Å². The molecule has 2 aromatic rings. The van der Waals surface area contributed by atoms with Crippen LogP contribution in [0.25, 0.3) is 10.9 Å². The Kier molecular flexibility index (Phi) is 3.36. The Morgan fingerprint density at radius 1 is 1.31 bits per heavy atom. The van der Waals surface area contributed by atoms with Crippen LogP contribution in [0.2, 0.25) is 5.02 Å². The lowest BCUT2D eigenvalue weighted by atomic mass is 10.1. The van der Waals surface area contributed by atoms with E-state index in [9.17, 15) is 0 Å². The van der Waals surface area contributed by atoms with E-state index >= 15 is 0 Å². The number of benzene rings is 1. The number of halogens is 1.